The van der Waals surface area contributed by atoms with Crippen molar-refractivity contribution in [2.24, 2.45) is 0 Å². The number of nitrogens with zero attached hydrogens (tertiary/aromatic N) is 3. The highest BCUT2D eigenvalue weighted by Gasteiger charge is 2.43. The van der Waals surface area contributed by atoms with E-state index in [0.717, 1.165) is 12.4 Å². The fourth-order valence-corrected chi connectivity index (χ4v) is 3.18. The van der Waals surface area contributed by atoms with Crippen LogP contribution in [0.5, 0.6) is 0 Å². The van der Waals surface area contributed by atoms with E-state index in [0.29, 0.717) is 17.8 Å². The molecule has 1 heterocycles. The van der Waals surface area contributed by atoms with Gasteiger partial charge in [-0.15, -0.1) is 0 Å². The molecule has 2 aromatic rings. The minimum atomic E-state index is 0.587. The molecule has 0 bridgehead atoms. The molecule has 4 rings (SSSR count). The third kappa shape index (κ3) is 2.61. The maximum atomic E-state index is 4.91. The lowest BCUT2D eigenvalue weighted by Crippen LogP contribution is -2.05. The molecule has 0 spiro atoms. The summed E-state index contributed by atoms with van der Waals surface area (Å²) in [4.78, 5) is 4.91. The Labute approximate surface area is 126 Å². The van der Waals surface area contributed by atoms with E-state index < -0.39 is 0 Å². The zero-order valence-electron chi connectivity index (χ0n) is 12.7. The van der Waals surface area contributed by atoms with Crippen LogP contribution >= 0.6 is 0 Å². The number of rotatable bonds is 6. The van der Waals surface area contributed by atoms with E-state index in [1.807, 2.05) is 0 Å². The van der Waals surface area contributed by atoms with Crippen LogP contribution in [-0.4, -0.2) is 14.8 Å². The van der Waals surface area contributed by atoms with Gasteiger partial charge >= 0.3 is 0 Å². The summed E-state index contributed by atoms with van der Waals surface area (Å²) >= 11 is 0. The van der Waals surface area contributed by atoms with Gasteiger partial charge in [-0.1, -0.05) is 43.7 Å². The average Bonchev–Trinajstić information content (AvgIpc) is 3.44. The monoisotopic (exact) mass is 281 g/mol. The smallest absolute Gasteiger partial charge is 0.154 e. The first-order valence-electron chi connectivity index (χ1n) is 8.36. The molecular weight excluding hydrogens is 258 g/mol. The lowest BCUT2D eigenvalue weighted by Gasteiger charge is -2.04. The van der Waals surface area contributed by atoms with Crippen LogP contribution in [0.3, 0.4) is 0 Å². The summed E-state index contributed by atoms with van der Waals surface area (Å²) in [5.41, 5.74) is 1.46. The van der Waals surface area contributed by atoms with E-state index in [-0.39, 0.29) is 0 Å². The van der Waals surface area contributed by atoms with Crippen molar-refractivity contribution in [3.05, 3.63) is 47.5 Å². The van der Waals surface area contributed by atoms with Crippen molar-refractivity contribution in [3.8, 4) is 0 Å². The molecule has 0 radical (unpaired) electrons. The first-order valence-corrected chi connectivity index (χ1v) is 8.36. The van der Waals surface area contributed by atoms with Gasteiger partial charge in [-0.2, -0.15) is 5.10 Å². The van der Waals surface area contributed by atoms with Gasteiger partial charge < -0.3 is 0 Å². The maximum Gasteiger partial charge on any atom is 0.154 e. The lowest BCUT2D eigenvalue weighted by atomic mass is 10.1. The Bertz CT molecular complexity index is 613. The second-order valence-electron chi connectivity index (χ2n) is 6.54. The molecule has 2 fully saturated rings. The second-order valence-corrected chi connectivity index (χ2v) is 6.54. The normalized spacial score (nSPS) is 24.2. The summed E-state index contributed by atoms with van der Waals surface area (Å²) in [6.07, 6.45) is 6.21. The third-order valence-electron chi connectivity index (χ3n) is 4.73. The van der Waals surface area contributed by atoms with E-state index in [4.69, 9.17) is 10.1 Å². The fraction of sp³-hybridized carbons (Fsp3) is 0.556. The number of benzene rings is 1. The predicted molar refractivity (Wildman–Crippen MR) is 83.4 cm³/mol. The Morgan fingerprint density at radius 1 is 1.14 bits per heavy atom. The Balaban J connectivity index is 1.56. The third-order valence-corrected chi connectivity index (χ3v) is 4.73. The number of hydrogen-bond donors (Lipinski definition) is 0. The van der Waals surface area contributed by atoms with Crippen molar-refractivity contribution in [3.63, 3.8) is 0 Å². The average molecular weight is 281 g/mol. The molecule has 2 atom stereocenters. The van der Waals surface area contributed by atoms with Gasteiger partial charge in [0.1, 0.15) is 5.82 Å². The molecule has 1 aromatic carbocycles. The molecule has 2 aliphatic carbocycles. The van der Waals surface area contributed by atoms with Crippen LogP contribution in [0, 0.1) is 0 Å². The van der Waals surface area contributed by atoms with Gasteiger partial charge in [0.25, 0.3) is 0 Å². The summed E-state index contributed by atoms with van der Waals surface area (Å²) in [6.45, 7) is 3.27. The van der Waals surface area contributed by atoms with Gasteiger partial charge in [0, 0.05) is 18.4 Å². The molecule has 2 saturated carbocycles. The van der Waals surface area contributed by atoms with E-state index in [1.54, 1.807) is 0 Å². The number of aryl methyl sites for hydroxylation is 1. The van der Waals surface area contributed by atoms with Crippen molar-refractivity contribution in [1.29, 1.82) is 0 Å². The van der Waals surface area contributed by atoms with Crippen molar-refractivity contribution < 1.29 is 0 Å². The van der Waals surface area contributed by atoms with Crippen LogP contribution in [0.2, 0.25) is 0 Å². The molecule has 1 aromatic heterocycles. The SMILES string of the molecule is CCCCn1nc(C2CC2)nc1[C@@H]1C[C@H]1c1ccccc1. The van der Waals surface area contributed by atoms with Gasteiger partial charge in [-0.3, -0.25) is 0 Å². The molecule has 3 heteroatoms. The highest BCUT2D eigenvalue weighted by atomic mass is 15.4. The summed E-state index contributed by atoms with van der Waals surface area (Å²) < 4.78 is 2.21. The zero-order chi connectivity index (χ0) is 14.2. The van der Waals surface area contributed by atoms with Crippen LogP contribution in [-0.2, 0) is 6.54 Å². The van der Waals surface area contributed by atoms with Gasteiger partial charge in [0.2, 0.25) is 0 Å². The van der Waals surface area contributed by atoms with Crippen molar-refractivity contribution in [1.82, 2.24) is 14.8 Å². The molecule has 0 unspecified atom stereocenters. The standard InChI is InChI=1S/C18H23N3/c1-2-3-11-21-18(19-17(20-21)14-9-10-14)16-12-15(16)13-7-5-4-6-8-13/h4-8,14-16H,2-3,9-12H2,1H3/t15-,16+/m0/s1. The summed E-state index contributed by atoms with van der Waals surface area (Å²) in [6, 6.07) is 10.9. The van der Waals surface area contributed by atoms with E-state index in [1.165, 1.54) is 43.5 Å². The molecular formula is C18H23N3. The summed E-state index contributed by atoms with van der Waals surface area (Å²) in [5.74, 6) is 4.26. The quantitative estimate of drug-likeness (QED) is 0.793. The molecule has 21 heavy (non-hydrogen) atoms. The first kappa shape index (κ1) is 13.1. The Morgan fingerprint density at radius 2 is 1.95 bits per heavy atom. The van der Waals surface area contributed by atoms with Crippen molar-refractivity contribution in [2.45, 2.75) is 63.3 Å². The molecule has 0 aliphatic heterocycles. The number of hydrogen-bond acceptors (Lipinski definition) is 2. The Kier molecular flexibility index (Phi) is 3.28. The topological polar surface area (TPSA) is 30.7 Å². The molecule has 110 valence electrons. The zero-order valence-corrected chi connectivity index (χ0v) is 12.7. The largest absolute Gasteiger partial charge is 0.249 e. The van der Waals surface area contributed by atoms with Crippen LogP contribution in [0.4, 0.5) is 0 Å². The van der Waals surface area contributed by atoms with Gasteiger partial charge in [-0.25, -0.2) is 9.67 Å². The molecule has 3 nitrogen and oxygen atoms in total. The highest BCUT2D eigenvalue weighted by Crippen LogP contribution is 2.54. The van der Waals surface area contributed by atoms with Crippen LogP contribution in [0.15, 0.2) is 30.3 Å². The Hall–Kier alpha value is -1.64. The number of unbranched alkanes of at least 4 members (excludes halogenated alkanes) is 1. The minimum Gasteiger partial charge on any atom is -0.249 e. The first-order chi connectivity index (χ1) is 10.4. The van der Waals surface area contributed by atoms with Gasteiger partial charge in [-0.05, 0) is 37.2 Å². The van der Waals surface area contributed by atoms with Crippen LogP contribution < -0.4 is 0 Å². The van der Waals surface area contributed by atoms with Crippen molar-refractivity contribution in [2.75, 3.05) is 0 Å². The molecule has 0 N–H and O–H groups in total. The Morgan fingerprint density at radius 3 is 2.67 bits per heavy atom. The van der Waals surface area contributed by atoms with Crippen LogP contribution in [0.25, 0.3) is 0 Å². The predicted octanol–water partition coefficient (Wildman–Crippen LogP) is 4.23. The second kappa shape index (κ2) is 5.28. The fourth-order valence-electron chi connectivity index (χ4n) is 3.18. The van der Waals surface area contributed by atoms with Crippen molar-refractivity contribution >= 4 is 0 Å². The van der Waals surface area contributed by atoms with Gasteiger partial charge in [0.05, 0.1) is 0 Å². The molecule has 2 aliphatic rings. The minimum absolute atomic E-state index is 0.587. The van der Waals surface area contributed by atoms with Gasteiger partial charge in [0.15, 0.2) is 5.82 Å². The van der Waals surface area contributed by atoms with E-state index in [2.05, 4.69) is 41.9 Å². The molecule has 0 amide bonds. The number of aromatic nitrogens is 3. The molecule has 0 saturated heterocycles. The maximum absolute atomic E-state index is 4.91. The summed E-state index contributed by atoms with van der Waals surface area (Å²) in [7, 11) is 0. The van der Waals surface area contributed by atoms with E-state index >= 15 is 0 Å². The van der Waals surface area contributed by atoms with E-state index in [9.17, 15) is 0 Å². The highest BCUT2D eigenvalue weighted by molar-refractivity contribution is 5.31. The lowest BCUT2D eigenvalue weighted by molar-refractivity contribution is 0.540. The summed E-state index contributed by atoms with van der Waals surface area (Å²) in [5, 5.41) is 4.80. The van der Waals surface area contributed by atoms with Crippen LogP contribution in [0.1, 0.15) is 74.0 Å².